The summed E-state index contributed by atoms with van der Waals surface area (Å²) in [6, 6.07) is 56.4. The van der Waals surface area contributed by atoms with E-state index in [9.17, 15) is 32.9 Å². The van der Waals surface area contributed by atoms with Gasteiger partial charge in [0.25, 0.3) is 6.71 Å². The Morgan fingerprint density at radius 1 is 0.221 bits per heavy atom. The highest BCUT2D eigenvalue weighted by Gasteiger charge is 2.47. The number of rotatable bonds is 14. The average Bonchev–Trinajstić information content (AvgIpc) is 1.66. The van der Waals surface area contributed by atoms with Crippen molar-refractivity contribution in [1.29, 1.82) is 0 Å². The Morgan fingerprint density at radius 3 is 0.840 bits per heavy atom. The van der Waals surface area contributed by atoms with E-state index in [0.29, 0.717) is 50.1 Å². The van der Waals surface area contributed by atoms with Gasteiger partial charge in [0, 0.05) is 77.9 Å². The van der Waals surface area contributed by atoms with Crippen LogP contribution in [-0.4, -0.2) is 15.8 Å². The molecule has 21 aromatic rings. The minimum absolute atomic E-state index is 0.170. The third-order valence-corrected chi connectivity index (χ3v) is 25.2. The van der Waals surface area contributed by atoms with Crippen molar-refractivity contribution in [2.24, 2.45) is 0 Å². The van der Waals surface area contributed by atoms with E-state index in [2.05, 4.69) is 65.8 Å². The van der Waals surface area contributed by atoms with Crippen LogP contribution in [0.25, 0.3) is 166 Å². The predicted molar refractivity (Wildman–Crippen MR) is 560 cm³/mol. The van der Waals surface area contributed by atoms with E-state index in [1.54, 1.807) is 0 Å². The van der Waals surface area contributed by atoms with E-state index in [-0.39, 0.29) is 50.5 Å². The maximum absolute atomic E-state index is 12.4. The van der Waals surface area contributed by atoms with Crippen LogP contribution in [0.2, 0.25) is 0 Å². The van der Waals surface area contributed by atoms with Crippen molar-refractivity contribution in [3.8, 4) is 123 Å². The smallest absolute Gasteiger partial charge is 0.252 e. The van der Waals surface area contributed by atoms with Gasteiger partial charge in [-0.05, 0) is 259 Å². The van der Waals surface area contributed by atoms with Gasteiger partial charge in [0.2, 0.25) is 0 Å². The zero-order chi connectivity index (χ0) is 115. The van der Waals surface area contributed by atoms with Gasteiger partial charge >= 0.3 is 0 Å². The van der Waals surface area contributed by atoms with Gasteiger partial charge in [0.15, 0.2) is 0 Å². The van der Waals surface area contributed by atoms with Crippen molar-refractivity contribution in [1.82, 2.24) is 9.13 Å². The van der Waals surface area contributed by atoms with Gasteiger partial charge in [-0.25, -0.2) is 0 Å². The number of anilines is 6. The van der Waals surface area contributed by atoms with Crippen LogP contribution in [0, 0.1) is 0 Å². The van der Waals surface area contributed by atoms with Crippen LogP contribution >= 0.6 is 0 Å². The van der Waals surface area contributed by atoms with Gasteiger partial charge < -0.3 is 18.9 Å². The summed E-state index contributed by atoms with van der Waals surface area (Å²) in [4.78, 5) is 3.71. The molecule has 19 aromatic carbocycles. The highest BCUT2D eigenvalue weighted by Crippen LogP contribution is 2.57. The Hall–Kier alpha value is -15.6. The Morgan fingerprint density at radius 2 is 0.511 bits per heavy atom. The number of hydrogen-bond donors (Lipinski definition) is 0. The molecule has 626 valence electrons. The zero-order valence-electron chi connectivity index (χ0n) is 103. The minimum atomic E-state index is -1.88. The molecule has 2 aromatic heterocycles. The van der Waals surface area contributed by atoms with Crippen LogP contribution in [0.15, 0.2) is 436 Å². The molecule has 0 N–H and O–H groups in total. The van der Waals surface area contributed by atoms with Crippen LogP contribution < -0.4 is 26.2 Å². The van der Waals surface area contributed by atoms with Gasteiger partial charge in [-0.2, -0.15) is 0 Å². The van der Waals surface area contributed by atoms with Gasteiger partial charge in [0.1, 0.15) is 0 Å². The number of hydrogen-bond acceptors (Lipinski definition) is 2. The molecule has 5 heteroatoms. The summed E-state index contributed by atoms with van der Waals surface area (Å²) >= 11 is 0. The molecule has 0 unspecified atom stereocenters. The molecule has 131 heavy (non-hydrogen) atoms. The summed E-state index contributed by atoms with van der Waals surface area (Å²) in [6.07, 6.45) is 0. The van der Waals surface area contributed by atoms with Crippen molar-refractivity contribution in [3.05, 3.63) is 453 Å². The maximum atomic E-state index is 12.4. The molecule has 4 nitrogen and oxygen atoms in total. The second kappa shape index (κ2) is 31.7. The molecule has 0 bridgehead atoms. The first kappa shape index (κ1) is 53.9. The van der Waals surface area contributed by atoms with Crippen LogP contribution in [0.3, 0.4) is 0 Å². The molecule has 0 saturated carbocycles. The molecule has 0 fully saturated rings. The number of para-hydroxylation sites is 2. The van der Waals surface area contributed by atoms with E-state index in [4.69, 9.17) is 8.22 Å². The lowest BCUT2D eigenvalue weighted by Crippen LogP contribution is -2.61. The van der Waals surface area contributed by atoms with Gasteiger partial charge in [0.05, 0.1) is 74.6 Å². The minimum Gasteiger partial charge on any atom is -0.310 e. The first-order chi connectivity index (χ1) is 76.4. The molecule has 0 radical (unpaired) electrons. The normalized spacial score (nSPS) is 15.8. The molecule has 4 heterocycles. The summed E-state index contributed by atoms with van der Waals surface area (Å²) in [6.45, 7) is 16.6. The van der Waals surface area contributed by atoms with E-state index in [1.165, 1.54) is 0 Å². The molecule has 0 spiro atoms. The third kappa shape index (κ3) is 14.1. The predicted octanol–water partition coefficient (Wildman–Crippen LogP) is 32.5. The van der Waals surface area contributed by atoms with E-state index in [0.717, 1.165) is 64.8 Å². The highest BCUT2D eigenvalue weighted by atomic mass is 15.2. The second-order valence-corrected chi connectivity index (χ2v) is 36.4. The zero-order valence-corrected chi connectivity index (χ0v) is 73.1. The van der Waals surface area contributed by atoms with Crippen LogP contribution in [0.4, 0.5) is 34.1 Å². The van der Waals surface area contributed by atoms with E-state index in [1.807, 2.05) is 261 Å². The van der Waals surface area contributed by atoms with Gasteiger partial charge in [-0.3, -0.25) is 0 Å². The van der Waals surface area contributed by atoms with Gasteiger partial charge in [-0.1, -0.05) is 377 Å². The Labute approximate surface area is 811 Å². The Bertz CT molecular complexity index is 9210. The first-order valence-electron chi connectivity index (χ1n) is 58.7. The van der Waals surface area contributed by atoms with Crippen LogP contribution in [-0.2, 0) is 16.2 Å². The van der Waals surface area contributed by atoms with Gasteiger partial charge in [-0.15, -0.1) is 0 Å². The fourth-order valence-electron chi connectivity index (χ4n) is 18.6. The molecular formula is C126H99BN4. The standard InChI is InChI=1S/C126H99BN4/c1-124(2,3)98-74-105(94-52-32-48-88(68-94)82-36-16-10-17-37-82)122(106(75-98)95-53-33-49-89(69-95)83-38-18-11-19-39-83)130-117-80-101(128-113-58-30-28-56-103(113)109-72-92(60-66-115(109)128)86-44-24-14-25-45-86)62-64-111(117)127-112-65-63-102(129-114-59-31-29-57-104(114)110-73-93(61-67-116(110)129)87-46-26-15-27-47-87)81-118(112)131(120-79-100(126(7,8)9)78-119(130)121(120)127)123-107(96-54-34-50-90(70-96)84-40-20-12-21-41-84)76-99(125(4,5)6)77-108(123)97-55-35-51-91(71-97)85-42-22-13-23-43-85/h10-81H,1-9H3/i14D,15D,24D,25D,26D,27D,28D,29D,30D,31D,44D,45D,46D,47D,56D,57D,58D,59D,60D,61D,62D,63D,64D,65D,66D,67D,72D,73D,80D,81D. The van der Waals surface area contributed by atoms with Crippen LogP contribution in [0.1, 0.15) is 120 Å². The Kier molecular flexibility index (Phi) is 13.1. The first-order valence-corrected chi connectivity index (χ1v) is 43.7. The lowest BCUT2D eigenvalue weighted by molar-refractivity contribution is 0.590. The topological polar surface area (TPSA) is 16.3 Å². The summed E-state index contributed by atoms with van der Waals surface area (Å²) in [5, 5.41) is -2.20. The second-order valence-electron chi connectivity index (χ2n) is 36.4. The molecule has 0 aliphatic carbocycles. The summed E-state index contributed by atoms with van der Waals surface area (Å²) < 4.78 is 308. The molecule has 2 aliphatic rings. The number of aromatic nitrogens is 2. The maximum Gasteiger partial charge on any atom is 0.252 e. The SMILES string of the molecule is [2H]c1c([2H])c([2H])c(-c2c([2H])c([2H])c3c(c2[2H])c2c([2H])c([2H])c([2H])c([2H])c2n3-c2c([2H])c([2H])c3c(c2[2H])N(c2c(-c4cccc(-c5ccccc5)c4)cc(C(C)(C)C)cc2-c2cccc(-c4ccccc4)c2)c2cc(C(C)(C)C)cc4c2B3c2c([2H])c([2H])c(-n3c5c([2H])c([2H])c([2H])c([2H])c5c5c([2H])c(-c6c([2H])c([2H])c([2H])c([2H])c6[2H])c([2H])c([2H])c53)c([2H])c2N4c2c(-c3cccc(-c4ccccc4)c3)cc(C(C)(C)C)cc2-c2cccc(-c3ccccc3)c2)c([2H])c1[2H]. The van der Waals surface area contributed by atoms with Crippen molar-refractivity contribution < 1.29 is 41.1 Å². The van der Waals surface area contributed by atoms with E-state index >= 15 is 0 Å². The van der Waals surface area contributed by atoms with Crippen molar-refractivity contribution in [2.75, 3.05) is 9.80 Å². The van der Waals surface area contributed by atoms with Crippen molar-refractivity contribution in [3.63, 3.8) is 0 Å². The molecule has 0 amide bonds. The highest BCUT2D eigenvalue weighted by molar-refractivity contribution is 7.00. The summed E-state index contributed by atoms with van der Waals surface area (Å²) in [5.74, 6) is 0. The van der Waals surface area contributed by atoms with Crippen molar-refractivity contribution >= 4 is 101 Å². The average molecular weight is 1710 g/mol. The number of benzene rings is 19. The fraction of sp³-hybridized carbons (Fsp3) is 0.0952. The van der Waals surface area contributed by atoms with E-state index < -0.39 is 281 Å². The summed E-state index contributed by atoms with van der Waals surface area (Å²) in [7, 11) is 0. The Balaban J connectivity index is 0.984. The lowest BCUT2D eigenvalue weighted by Gasteiger charge is -2.47. The lowest BCUT2D eigenvalue weighted by atomic mass is 9.33. The fourth-order valence-corrected chi connectivity index (χ4v) is 18.6. The molecule has 0 atom stereocenters. The van der Waals surface area contributed by atoms with Crippen LogP contribution in [0.5, 0.6) is 0 Å². The molecule has 0 saturated heterocycles. The quantitative estimate of drug-likeness (QED) is 0.101. The third-order valence-electron chi connectivity index (χ3n) is 25.2. The largest absolute Gasteiger partial charge is 0.310 e. The summed E-state index contributed by atoms with van der Waals surface area (Å²) in [5.41, 5.74) is 3.04. The monoisotopic (exact) mass is 1710 g/mol. The van der Waals surface area contributed by atoms with Crippen molar-refractivity contribution in [2.45, 2.75) is 78.6 Å². The molecular weight excluding hydrogens is 1580 g/mol. The molecule has 23 rings (SSSR count). The molecule has 2 aliphatic heterocycles. The number of nitrogens with zero attached hydrogens (tertiary/aromatic N) is 4. The number of fused-ring (bicyclic) bond motifs is 10.